The lowest BCUT2D eigenvalue weighted by molar-refractivity contribution is -0.137. The summed E-state index contributed by atoms with van der Waals surface area (Å²) in [5.41, 5.74) is -0.101. The van der Waals surface area contributed by atoms with E-state index >= 15 is 0 Å². The first-order chi connectivity index (χ1) is 15.0. The van der Waals surface area contributed by atoms with Gasteiger partial charge in [0.1, 0.15) is 5.75 Å². The van der Waals surface area contributed by atoms with E-state index in [2.05, 4.69) is 0 Å². The Morgan fingerprint density at radius 2 is 1.81 bits per heavy atom. The van der Waals surface area contributed by atoms with Crippen molar-refractivity contribution in [3.05, 3.63) is 76.6 Å². The molecule has 3 rings (SSSR count). The molecular weight excluding hydrogens is 423 g/mol. The predicted octanol–water partition coefficient (Wildman–Crippen LogP) is 5.22. The number of carbonyl (C=O) groups is 2. The first-order valence-electron chi connectivity index (χ1n) is 10.1. The van der Waals surface area contributed by atoms with Gasteiger partial charge in [-0.3, -0.25) is 9.59 Å². The van der Waals surface area contributed by atoms with Gasteiger partial charge < -0.3 is 14.7 Å². The average Bonchev–Trinajstić information content (AvgIpc) is 2.98. The van der Waals surface area contributed by atoms with Gasteiger partial charge in [0.25, 0.3) is 5.91 Å². The summed E-state index contributed by atoms with van der Waals surface area (Å²) in [5.74, 6) is -1.28. The number of halogens is 3. The second kappa shape index (κ2) is 9.06. The van der Waals surface area contributed by atoms with Crippen LogP contribution < -0.4 is 4.74 Å². The van der Waals surface area contributed by atoms with E-state index in [1.54, 1.807) is 24.3 Å². The fraction of sp³-hybridized carbons (Fsp3) is 0.333. The van der Waals surface area contributed by atoms with E-state index in [4.69, 9.17) is 4.74 Å². The zero-order valence-corrected chi connectivity index (χ0v) is 17.9. The summed E-state index contributed by atoms with van der Waals surface area (Å²) < 4.78 is 44.6. The molecule has 0 radical (unpaired) electrons. The van der Waals surface area contributed by atoms with Gasteiger partial charge in [0.15, 0.2) is 11.5 Å². The molecule has 0 aromatic heterocycles. The van der Waals surface area contributed by atoms with Gasteiger partial charge in [-0.25, -0.2) is 0 Å². The number of ether oxygens (including phenoxy) is 1. The van der Waals surface area contributed by atoms with Crippen molar-refractivity contribution >= 4 is 11.7 Å². The molecule has 0 saturated carbocycles. The van der Waals surface area contributed by atoms with Gasteiger partial charge in [-0.15, -0.1) is 0 Å². The zero-order valence-electron chi connectivity index (χ0n) is 17.9. The smallest absolute Gasteiger partial charge is 0.416 e. The largest absolute Gasteiger partial charge is 0.503 e. The minimum atomic E-state index is -4.53. The molecule has 1 unspecified atom stereocenters. The summed E-state index contributed by atoms with van der Waals surface area (Å²) in [7, 11) is 1.50. The molecule has 1 N–H and O–H groups in total. The number of rotatable bonds is 7. The van der Waals surface area contributed by atoms with Crippen LogP contribution in [0.2, 0.25) is 0 Å². The molecule has 1 amide bonds. The summed E-state index contributed by atoms with van der Waals surface area (Å²) in [4.78, 5) is 27.1. The number of hydrogen-bond acceptors (Lipinski definition) is 4. The Hall–Kier alpha value is -3.29. The second-order valence-corrected chi connectivity index (χ2v) is 8.09. The summed E-state index contributed by atoms with van der Waals surface area (Å²) in [6, 6.07) is 10.4. The number of aliphatic hydroxyl groups is 1. The highest BCUT2D eigenvalue weighted by atomic mass is 19.4. The molecule has 1 atom stereocenters. The third-order valence-electron chi connectivity index (χ3n) is 5.24. The third-order valence-corrected chi connectivity index (χ3v) is 5.24. The molecule has 2 aromatic rings. The number of benzene rings is 2. The standard InChI is InChI=1S/C24H24F3NO4/c1-14(2)11-19(29)20-21(16-7-9-18(32-3)10-8-16)28(23(31)22(20)30)13-15-5-4-6-17(12-15)24(25,26)27/h4-10,12,14,21,30H,11,13H2,1-3H3. The molecule has 32 heavy (non-hydrogen) atoms. The second-order valence-electron chi connectivity index (χ2n) is 8.09. The number of nitrogens with zero attached hydrogens (tertiary/aromatic N) is 1. The van der Waals surface area contributed by atoms with Crippen molar-refractivity contribution in [3.8, 4) is 5.75 Å². The fourth-order valence-corrected chi connectivity index (χ4v) is 3.76. The molecule has 1 aliphatic heterocycles. The fourth-order valence-electron chi connectivity index (χ4n) is 3.76. The van der Waals surface area contributed by atoms with E-state index in [0.717, 1.165) is 12.1 Å². The summed E-state index contributed by atoms with van der Waals surface area (Å²) in [6.45, 7) is 3.48. The van der Waals surface area contributed by atoms with Crippen molar-refractivity contribution in [2.24, 2.45) is 5.92 Å². The molecule has 2 aromatic carbocycles. The maximum Gasteiger partial charge on any atom is 0.416 e. The van der Waals surface area contributed by atoms with Crippen LogP contribution in [0.4, 0.5) is 13.2 Å². The van der Waals surface area contributed by atoms with Gasteiger partial charge in [-0.05, 0) is 41.3 Å². The number of methoxy groups -OCH3 is 1. The van der Waals surface area contributed by atoms with Crippen LogP contribution in [0.3, 0.4) is 0 Å². The number of hydrogen-bond donors (Lipinski definition) is 1. The van der Waals surface area contributed by atoms with Crippen molar-refractivity contribution < 1.29 is 32.6 Å². The molecule has 1 aliphatic rings. The Balaban J connectivity index is 2.04. The summed E-state index contributed by atoms with van der Waals surface area (Å²) in [5, 5.41) is 10.6. The molecule has 0 bridgehead atoms. The normalized spacial score (nSPS) is 16.8. The predicted molar refractivity (Wildman–Crippen MR) is 112 cm³/mol. The highest BCUT2D eigenvalue weighted by Gasteiger charge is 2.43. The van der Waals surface area contributed by atoms with Crippen LogP contribution in [0.25, 0.3) is 0 Å². The van der Waals surface area contributed by atoms with E-state index in [0.29, 0.717) is 11.3 Å². The Kier molecular flexibility index (Phi) is 6.62. The van der Waals surface area contributed by atoms with Crippen molar-refractivity contribution in [3.63, 3.8) is 0 Å². The van der Waals surface area contributed by atoms with E-state index < -0.39 is 29.4 Å². The Morgan fingerprint density at radius 3 is 2.38 bits per heavy atom. The lowest BCUT2D eigenvalue weighted by Crippen LogP contribution is -2.31. The SMILES string of the molecule is COc1ccc(C2C(C(=O)CC(C)C)=C(O)C(=O)N2Cc2cccc(C(F)(F)F)c2)cc1. The van der Waals surface area contributed by atoms with Crippen molar-refractivity contribution in [2.75, 3.05) is 7.11 Å². The number of alkyl halides is 3. The van der Waals surface area contributed by atoms with Crippen molar-refractivity contribution in [1.29, 1.82) is 0 Å². The Morgan fingerprint density at radius 1 is 1.16 bits per heavy atom. The lowest BCUT2D eigenvalue weighted by atomic mass is 9.92. The van der Waals surface area contributed by atoms with E-state index in [1.165, 1.54) is 24.1 Å². The maximum absolute atomic E-state index is 13.1. The van der Waals surface area contributed by atoms with Gasteiger partial charge in [0.2, 0.25) is 0 Å². The number of Topliss-reactive ketones (excluding diaryl/α,β-unsaturated/α-hetero) is 1. The first-order valence-corrected chi connectivity index (χ1v) is 10.1. The minimum absolute atomic E-state index is 0.00747. The van der Waals surface area contributed by atoms with Gasteiger partial charge in [-0.1, -0.05) is 38.1 Å². The number of carbonyl (C=O) groups excluding carboxylic acids is 2. The monoisotopic (exact) mass is 447 g/mol. The van der Waals surface area contributed by atoms with Gasteiger partial charge in [0, 0.05) is 13.0 Å². The molecule has 170 valence electrons. The molecule has 5 nitrogen and oxygen atoms in total. The molecule has 1 heterocycles. The van der Waals surface area contributed by atoms with Gasteiger partial charge in [0.05, 0.1) is 24.3 Å². The van der Waals surface area contributed by atoms with Crippen LogP contribution in [-0.4, -0.2) is 28.8 Å². The highest BCUT2D eigenvalue weighted by molar-refractivity contribution is 6.09. The topological polar surface area (TPSA) is 66.8 Å². The molecule has 0 fully saturated rings. The number of ketones is 1. The van der Waals surface area contributed by atoms with Crippen LogP contribution in [0.1, 0.15) is 43.0 Å². The van der Waals surface area contributed by atoms with E-state index in [1.807, 2.05) is 13.8 Å². The quantitative estimate of drug-likeness (QED) is 0.632. The van der Waals surface area contributed by atoms with Crippen molar-refractivity contribution in [1.82, 2.24) is 4.90 Å². The summed E-state index contributed by atoms with van der Waals surface area (Å²) >= 11 is 0. The number of aliphatic hydroxyl groups excluding tert-OH is 1. The Bertz CT molecular complexity index is 1040. The van der Waals surface area contributed by atoms with Crippen LogP contribution >= 0.6 is 0 Å². The van der Waals surface area contributed by atoms with Gasteiger partial charge in [-0.2, -0.15) is 13.2 Å². The molecule has 8 heteroatoms. The maximum atomic E-state index is 13.1. The third kappa shape index (κ3) is 4.79. The lowest BCUT2D eigenvalue weighted by Gasteiger charge is -2.27. The minimum Gasteiger partial charge on any atom is -0.503 e. The summed E-state index contributed by atoms with van der Waals surface area (Å²) in [6.07, 6.45) is -4.41. The van der Waals surface area contributed by atoms with E-state index in [9.17, 15) is 27.9 Å². The zero-order chi connectivity index (χ0) is 23.6. The van der Waals surface area contributed by atoms with Crippen LogP contribution in [0, 0.1) is 5.92 Å². The van der Waals surface area contributed by atoms with Crippen LogP contribution in [0.5, 0.6) is 5.75 Å². The number of amides is 1. The van der Waals surface area contributed by atoms with Crippen LogP contribution in [0.15, 0.2) is 59.9 Å². The molecule has 0 spiro atoms. The molecule has 0 aliphatic carbocycles. The van der Waals surface area contributed by atoms with Gasteiger partial charge >= 0.3 is 6.18 Å². The Labute approximate surface area is 184 Å². The van der Waals surface area contributed by atoms with Crippen molar-refractivity contribution in [2.45, 2.75) is 39.0 Å². The van der Waals surface area contributed by atoms with E-state index in [-0.39, 0.29) is 35.8 Å². The highest BCUT2D eigenvalue weighted by Crippen LogP contribution is 2.40. The first kappa shape index (κ1) is 23.4. The molecule has 0 saturated heterocycles. The van der Waals surface area contributed by atoms with Crippen LogP contribution in [-0.2, 0) is 22.3 Å². The average molecular weight is 447 g/mol. The molecular formula is C24H24F3NO4.